The van der Waals surface area contributed by atoms with E-state index >= 15 is 0 Å². The fraction of sp³-hybridized carbons (Fsp3) is 0.273. The summed E-state index contributed by atoms with van der Waals surface area (Å²) >= 11 is 0. The Hall–Kier alpha value is -6.48. The van der Waals surface area contributed by atoms with Gasteiger partial charge >= 0.3 is 18.2 Å². The van der Waals surface area contributed by atoms with Crippen molar-refractivity contribution in [2.75, 3.05) is 33.1 Å². The second-order valence-electron chi connectivity index (χ2n) is 14.0. The van der Waals surface area contributed by atoms with E-state index in [0.29, 0.717) is 47.4 Å². The Morgan fingerprint density at radius 3 is 2.26 bits per heavy atom. The van der Waals surface area contributed by atoms with E-state index in [1.807, 2.05) is 66.4 Å². The molecule has 0 bridgehead atoms. The minimum Gasteiger partial charge on any atom is -0.457 e. The van der Waals surface area contributed by atoms with Gasteiger partial charge in [-0.05, 0) is 60.9 Å². The molecular weight excluding hydrogens is 745 g/mol. The lowest BCUT2D eigenvalue weighted by Gasteiger charge is -2.30. The number of aromatic nitrogens is 1. The van der Waals surface area contributed by atoms with E-state index in [1.54, 1.807) is 61.5 Å². The van der Waals surface area contributed by atoms with Crippen LogP contribution in [0, 0.1) is 0 Å². The third-order valence-corrected chi connectivity index (χ3v) is 9.68. The highest BCUT2D eigenvalue weighted by molar-refractivity contribution is 5.95. The number of fused-ring (bicyclic) bond motifs is 2. The minimum atomic E-state index is -1.58. The number of aliphatic hydroxyl groups excluding tert-OH is 2. The SMILES string of the molecule is CC(NC(=O)C(C)(Cc1cn(C(=O)OCOC(=O)c2ccc(CN(CCO)CCO)cc2)c2ccccc12)NC(=O)OCc1cc2ccccc2o1)c1ccccc1. The van der Waals surface area contributed by atoms with Crippen molar-refractivity contribution in [2.45, 2.75) is 45.0 Å². The average molecular weight is 791 g/mol. The van der Waals surface area contributed by atoms with Gasteiger partial charge in [-0.25, -0.2) is 14.4 Å². The molecule has 14 nitrogen and oxygen atoms in total. The van der Waals surface area contributed by atoms with Gasteiger partial charge in [-0.2, -0.15) is 0 Å². The number of ether oxygens (including phenoxy) is 3. The molecule has 0 fully saturated rings. The molecule has 2 aromatic heterocycles. The highest BCUT2D eigenvalue weighted by atomic mass is 16.7. The lowest BCUT2D eigenvalue weighted by atomic mass is 9.91. The molecule has 2 heterocycles. The summed E-state index contributed by atoms with van der Waals surface area (Å²) in [5, 5.41) is 25.8. The van der Waals surface area contributed by atoms with Crippen LogP contribution in [0.25, 0.3) is 21.9 Å². The van der Waals surface area contributed by atoms with Crippen LogP contribution in [0.15, 0.2) is 120 Å². The van der Waals surface area contributed by atoms with Gasteiger partial charge in [0.1, 0.15) is 16.9 Å². The van der Waals surface area contributed by atoms with Gasteiger partial charge in [0, 0.05) is 43.0 Å². The number of hydrogen-bond donors (Lipinski definition) is 4. The number of para-hydroxylation sites is 2. The first-order valence-electron chi connectivity index (χ1n) is 18.8. The summed E-state index contributed by atoms with van der Waals surface area (Å²) in [5.41, 5.74) is 2.06. The molecular formula is C44H46N4O10. The smallest absolute Gasteiger partial charge is 0.421 e. The summed E-state index contributed by atoms with van der Waals surface area (Å²) < 4.78 is 23.2. The molecule has 2 unspecified atom stereocenters. The summed E-state index contributed by atoms with van der Waals surface area (Å²) in [7, 11) is 0. The minimum absolute atomic E-state index is 0.0478. The monoisotopic (exact) mass is 790 g/mol. The Labute approximate surface area is 334 Å². The molecule has 4 N–H and O–H groups in total. The zero-order valence-electron chi connectivity index (χ0n) is 32.3. The van der Waals surface area contributed by atoms with Gasteiger partial charge in [0.25, 0.3) is 0 Å². The number of nitrogens with one attached hydrogen (secondary N) is 2. The average Bonchev–Trinajstić information content (AvgIpc) is 3.82. The van der Waals surface area contributed by atoms with Crippen LogP contribution in [-0.2, 0) is 38.6 Å². The Balaban J connectivity index is 1.15. The first-order valence-corrected chi connectivity index (χ1v) is 18.8. The van der Waals surface area contributed by atoms with Crippen molar-refractivity contribution in [3.63, 3.8) is 0 Å². The molecule has 4 aromatic carbocycles. The van der Waals surface area contributed by atoms with Gasteiger partial charge in [-0.3, -0.25) is 14.3 Å². The number of benzene rings is 4. The zero-order chi connectivity index (χ0) is 41.1. The maximum absolute atomic E-state index is 14.1. The number of carbonyl (C=O) groups is 4. The molecule has 2 amide bonds. The number of rotatable bonds is 17. The van der Waals surface area contributed by atoms with E-state index in [4.69, 9.17) is 18.6 Å². The van der Waals surface area contributed by atoms with Crippen LogP contribution in [0.3, 0.4) is 0 Å². The van der Waals surface area contributed by atoms with Crippen molar-refractivity contribution >= 4 is 45.9 Å². The van der Waals surface area contributed by atoms with Gasteiger partial charge in [-0.1, -0.05) is 78.9 Å². The van der Waals surface area contributed by atoms with Crippen molar-refractivity contribution in [1.82, 2.24) is 20.1 Å². The summed E-state index contributed by atoms with van der Waals surface area (Å²) in [6, 6.07) is 31.8. The third kappa shape index (κ3) is 10.3. The molecule has 0 spiro atoms. The Morgan fingerprint density at radius 1 is 0.845 bits per heavy atom. The number of nitrogens with zero attached hydrogens (tertiary/aromatic N) is 2. The number of furan rings is 1. The number of hydrogen-bond acceptors (Lipinski definition) is 11. The molecule has 0 aliphatic heterocycles. The first-order chi connectivity index (χ1) is 28.1. The molecule has 0 aliphatic rings. The molecule has 6 rings (SSSR count). The van der Waals surface area contributed by atoms with E-state index in [-0.39, 0.29) is 31.8 Å². The summed E-state index contributed by atoms with van der Waals surface area (Å²) in [6.45, 7) is 3.75. The van der Waals surface area contributed by atoms with Crippen molar-refractivity contribution < 1.29 is 48.0 Å². The maximum Gasteiger partial charge on any atom is 0.421 e. The standard InChI is InChI=1S/C44H46N4O10/c1-30(32-10-4-3-5-11-32)45-41(52)44(2,46-42(53)55-28-36-24-34-12-6-9-15-39(34)58-36)25-35-27-48(38-14-8-7-13-37(35)38)43(54)57-29-56-40(51)33-18-16-31(17-19-33)26-47(20-22-49)21-23-50/h3-19,24,27,30,49-50H,20-23,25-26,28-29H2,1-2H3,(H,45,52)(H,46,53). The zero-order valence-corrected chi connectivity index (χ0v) is 32.3. The molecule has 58 heavy (non-hydrogen) atoms. The van der Waals surface area contributed by atoms with Crippen LogP contribution in [0.1, 0.15) is 52.7 Å². The fourth-order valence-corrected chi connectivity index (χ4v) is 6.63. The van der Waals surface area contributed by atoms with Crippen molar-refractivity contribution in [3.8, 4) is 0 Å². The predicted molar refractivity (Wildman–Crippen MR) is 215 cm³/mol. The van der Waals surface area contributed by atoms with Crippen molar-refractivity contribution in [2.24, 2.45) is 0 Å². The quantitative estimate of drug-likeness (QED) is 0.0621. The van der Waals surface area contributed by atoms with Crippen LogP contribution >= 0.6 is 0 Å². The first kappa shape index (κ1) is 41.2. The molecule has 0 saturated carbocycles. The topological polar surface area (TPSA) is 182 Å². The number of esters is 1. The van der Waals surface area contributed by atoms with Crippen molar-refractivity contribution in [1.29, 1.82) is 0 Å². The van der Waals surface area contributed by atoms with E-state index in [2.05, 4.69) is 10.6 Å². The molecule has 14 heteroatoms. The predicted octanol–water partition coefficient (Wildman–Crippen LogP) is 6.08. The largest absolute Gasteiger partial charge is 0.457 e. The van der Waals surface area contributed by atoms with Crippen molar-refractivity contribution in [3.05, 3.63) is 143 Å². The normalized spacial score (nSPS) is 12.8. The highest BCUT2D eigenvalue weighted by Gasteiger charge is 2.38. The third-order valence-electron chi connectivity index (χ3n) is 9.68. The lowest BCUT2D eigenvalue weighted by Crippen LogP contribution is -2.58. The van der Waals surface area contributed by atoms with Gasteiger partial charge in [-0.15, -0.1) is 0 Å². The van der Waals surface area contributed by atoms with Crippen LogP contribution in [0.2, 0.25) is 0 Å². The van der Waals surface area contributed by atoms with Crippen LogP contribution in [-0.4, -0.2) is 82.4 Å². The Morgan fingerprint density at radius 2 is 1.53 bits per heavy atom. The van der Waals surface area contributed by atoms with Crippen LogP contribution in [0.4, 0.5) is 9.59 Å². The summed E-state index contributed by atoms with van der Waals surface area (Å²) in [5.74, 6) is -0.761. The van der Waals surface area contributed by atoms with E-state index in [1.165, 1.54) is 10.8 Å². The van der Waals surface area contributed by atoms with Crippen LogP contribution < -0.4 is 10.6 Å². The number of alkyl carbamates (subject to hydrolysis) is 1. The Bertz CT molecular complexity index is 2300. The van der Waals surface area contributed by atoms with Crippen LogP contribution in [0.5, 0.6) is 0 Å². The number of carbonyl (C=O) groups excluding carboxylic acids is 4. The molecule has 0 aliphatic carbocycles. The molecule has 0 radical (unpaired) electrons. The number of aliphatic hydroxyl groups is 2. The molecule has 6 aromatic rings. The van der Waals surface area contributed by atoms with E-state index in [0.717, 1.165) is 16.5 Å². The second-order valence-corrected chi connectivity index (χ2v) is 14.0. The molecule has 2 atom stereocenters. The van der Waals surface area contributed by atoms with Gasteiger partial charge < -0.3 is 39.5 Å². The van der Waals surface area contributed by atoms with E-state index in [9.17, 15) is 29.4 Å². The highest BCUT2D eigenvalue weighted by Crippen LogP contribution is 2.27. The number of amides is 2. The Kier molecular flexibility index (Phi) is 13.6. The maximum atomic E-state index is 14.1. The molecule has 302 valence electrons. The summed E-state index contributed by atoms with van der Waals surface area (Å²) in [6.07, 6.45) is -0.210. The van der Waals surface area contributed by atoms with Gasteiger partial charge in [0.15, 0.2) is 6.61 Å². The molecule has 0 saturated heterocycles. The van der Waals surface area contributed by atoms with Gasteiger partial charge in [0.05, 0.1) is 30.3 Å². The van der Waals surface area contributed by atoms with E-state index < -0.39 is 42.4 Å². The fourth-order valence-electron chi connectivity index (χ4n) is 6.63. The van der Waals surface area contributed by atoms with Gasteiger partial charge in [0.2, 0.25) is 12.7 Å². The lowest BCUT2D eigenvalue weighted by molar-refractivity contribution is -0.127. The summed E-state index contributed by atoms with van der Waals surface area (Å²) in [4.78, 5) is 55.6. The second kappa shape index (κ2) is 19.1.